The summed E-state index contributed by atoms with van der Waals surface area (Å²) < 4.78 is 1.66. The molecule has 0 spiro atoms. The van der Waals surface area contributed by atoms with Crippen LogP contribution in [0, 0.1) is 0 Å². The van der Waals surface area contributed by atoms with Gasteiger partial charge in [-0.05, 0) is 49.6 Å². The highest BCUT2D eigenvalue weighted by atomic mass is 16.1. The molecular formula is C27H29N3O2. The average molecular weight is 428 g/mol. The Morgan fingerprint density at radius 3 is 2.56 bits per heavy atom. The lowest BCUT2D eigenvalue weighted by molar-refractivity contribution is 0.0985. The Bertz CT molecular complexity index is 1220. The van der Waals surface area contributed by atoms with E-state index in [-0.39, 0.29) is 11.6 Å². The normalized spacial score (nSPS) is 18.9. The average Bonchev–Trinajstić information content (AvgIpc) is 3.18. The molecule has 164 valence electrons. The summed E-state index contributed by atoms with van der Waals surface area (Å²) in [5.74, 6) is 6.31. The van der Waals surface area contributed by atoms with Gasteiger partial charge in [-0.25, -0.2) is 0 Å². The second kappa shape index (κ2) is 8.40. The van der Waals surface area contributed by atoms with Gasteiger partial charge >= 0.3 is 0 Å². The van der Waals surface area contributed by atoms with Gasteiger partial charge in [-0.2, -0.15) is 0 Å². The van der Waals surface area contributed by atoms with Gasteiger partial charge in [-0.15, -0.1) is 0 Å². The second-order valence-corrected chi connectivity index (χ2v) is 8.94. The Labute approximate surface area is 188 Å². The molecule has 1 saturated heterocycles. The molecule has 0 radical (unpaired) electrons. The quantitative estimate of drug-likeness (QED) is 0.468. The van der Waals surface area contributed by atoms with Crippen molar-refractivity contribution < 1.29 is 9.59 Å². The number of fused-ring (bicyclic) bond motifs is 2. The fourth-order valence-corrected chi connectivity index (χ4v) is 5.15. The first-order valence-electron chi connectivity index (χ1n) is 11.6. The van der Waals surface area contributed by atoms with E-state index >= 15 is 0 Å². The van der Waals surface area contributed by atoms with Crippen LogP contribution < -0.4 is 5.84 Å². The minimum Gasteiger partial charge on any atom is -0.339 e. The molecule has 1 aromatic heterocycles. The van der Waals surface area contributed by atoms with E-state index in [1.165, 1.54) is 31.4 Å². The molecule has 1 fully saturated rings. The Morgan fingerprint density at radius 1 is 1.03 bits per heavy atom. The highest BCUT2D eigenvalue weighted by Crippen LogP contribution is 2.35. The number of Topliss-reactive ketones (excluding diaryl/α,β-unsaturated/α-hetero) is 1. The number of ketones is 2. The monoisotopic (exact) mass is 427 g/mol. The molecule has 0 aliphatic carbocycles. The van der Waals surface area contributed by atoms with Crippen LogP contribution in [0.3, 0.4) is 0 Å². The smallest absolute Gasteiger partial charge is 0.193 e. The van der Waals surface area contributed by atoms with Crippen LogP contribution in [-0.2, 0) is 0 Å². The van der Waals surface area contributed by atoms with Gasteiger partial charge < -0.3 is 5.84 Å². The number of piperidine rings is 1. The standard InChI is InChI=1S/C27H29N3O2/c1-2-26(31)18-6-8-19(9-7-18)27(32)21-10-11-25-23(16-21)24(17-30(25)28)20-12-14-29-13-4-3-5-22(29)15-20/h6-12,16-17,22H,2-5,13-15,28H2,1H3. The van der Waals surface area contributed by atoms with Crippen molar-refractivity contribution in [3.8, 4) is 0 Å². The number of nitrogens with two attached hydrogens (primary N) is 1. The molecule has 1 atom stereocenters. The first kappa shape index (κ1) is 20.7. The Kier molecular flexibility index (Phi) is 5.43. The van der Waals surface area contributed by atoms with Gasteiger partial charge in [0.25, 0.3) is 0 Å². The van der Waals surface area contributed by atoms with Gasteiger partial charge in [0.2, 0.25) is 0 Å². The summed E-state index contributed by atoms with van der Waals surface area (Å²) >= 11 is 0. The van der Waals surface area contributed by atoms with Crippen molar-refractivity contribution in [2.75, 3.05) is 18.9 Å². The molecule has 2 aliphatic heterocycles. The minimum absolute atomic E-state index is 0.0470. The van der Waals surface area contributed by atoms with Crippen molar-refractivity contribution in [2.24, 2.45) is 0 Å². The van der Waals surface area contributed by atoms with Crippen LogP contribution >= 0.6 is 0 Å². The molecule has 5 nitrogen and oxygen atoms in total. The van der Waals surface area contributed by atoms with Crippen LogP contribution in [-0.4, -0.2) is 40.3 Å². The summed E-state index contributed by atoms with van der Waals surface area (Å²) in [5.41, 5.74) is 5.24. The Hall–Kier alpha value is -3.18. The van der Waals surface area contributed by atoms with E-state index in [2.05, 4.69) is 11.0 Å². The van der Waals surface area contributed by atoms with E-state index < -0.39 is 0 Å². The summed E-state index contributed by atoms with van der Waals surface area (Å²) in [6.07, 6.45) is 9.65. The van der Waals surface area contributed by atoms with Gasteiger partial charge in [0, 0.05) is 52.8 Å². The predicted molar refractivity (Wildman–Crippen MR) is 128 cm³/mol. The fourth-order valence-electron chi connectivity index (χ4n) is 5.15. The van der Waals surface area contributed by atoms with E-state index in [1.54, 1.807) is 28.9 Å². The summed E-state index contributed by atoms with van der Waals surface area (Å²) in [4.78, 5) is 27.6. The van der Waals surface area contributed by atoms with Crippen molar-refractivity contribution in [3.05, 3.63) is 77.0 Å². The molecular weight excluding hydrogens is 398 g/mol. The van der Waals surface area contributed by atoms with E-state index in [0.29, 0.717) is 29.2 Å². The predicted octanol–water partition coefficient (Wildman–Crippen LogP) is 4.82. The van der Waals surface area contributed by atoms with Crippen LogP contribution in [0.1, 0.15) is 70.9 Å². The molecule has 0 saturated carbocycles. The third-order valence-electron chi connectivity index (χ3n) is 7.01. The fraction of sp³-hybridized carbons (Fsp3) is 0.333. The molecule has 2 aliphatic rings. The van der Waals surface area contributed by atoms with Crippen LogP contribution in [0.5, 0.6) is 0 Å². The molecule has 1 unspecified atom stereocenters. The van der Waals surface area contributed by atoms with Crippen molar-refractivity contribution in [1.82, 2.24) is 9.58 Å². The first-order valence-corrected chi connectivity index (χ1v) is 11.6. The number of hydrogen-bond donors (Lipinski definition) is 1. The lowest BCUT2D eigenvalue weighted by Gasteiger charge is -2.38. The third-order valence-corrected chi connectivity index (χ3v) is 7.01. The van der Waals surface area contributed by atoms with Crippen LogP contribution in [0.15, 0.2) is 54.7 Å². The maximum Gasteiger partial charge on any atom is 0.193 e. The number of carbonyl (C=O) groups is 2. The zero-order valence-corrected chi connectivity index (χ0v) is 18.5. The van der Waals surface area contributed by atoms with E-state index in [9.17, 15) is 9.59 Å². The van der Waals surface area contributed by atoms with Crippen LogP contribution in [0.25, 0.3) is 16.5 Å². The van der Waals surface area contributed by atoms with E-state index in [4.69, 9.17) is 5.84 Å². The molecule has 2 N–H and O–H groups in total. The number of carbonyl (C=O) groups excluding carboxylic acids is 2. The zero-order chi connectivity index (χ0) is 22.2. The van der Waals surface area contributed by atoms with Crippen molar-refractivity contribution in [3.63, 3.8) is 0 Å². The van der Waals surface area contributed by atoms with Gasteiger partial charge in [-0.1, -0.05) is 43.7 Å². The molecule has 5 heteroatoms. The first-order chi connectivity index (χ1) is 15.5. The van der Waals surface area contributed by atoms with Crippen LogP contribution in [0.2, 0.25) is 0 Å². The lowest BCUT2D eigenvalue weighted by Crippen LogP contribution is -2.41. The molecule has 0 bridgehead atoms. The SMILES string of the molecule is CCC(=O)c1ccc(C(=O)c2ccc3c(c2)c(C2=CCN4CCCCC4C2)cn3N)cc1. The van der Waals surface area contributed by atoms with E-state index in [1.807, 2.05) is 31.3 Å². The van der Waals surface area contributed by atoms with Gasteiger partial charge in [0.15, 0.2) is 11.6 Å². The minimum atomic E-state index is -0.0470. The lowest BCUT2D eigenvalue weighted by atomic mass is 9.88. The number of hydrogen-bond acceptors (Lipinski definition) is 4. The topological polar surface area (TPSA) is 68.3 Å². The maximum absolute atomic E-state index is 13.2. The number of nitrogens with zero attached hydrogens (tertiary/aromatic N) is 2. The number of aromatic nitrogens is 1. The molecule has 2 aromatic carbocycles. The maximum atomic E-state index is 13.2. The number of nitrogen functional groups attached to an aromatic ring is 1. The van der Waals surface area contributed by atoms with Crippen molar-refractivity contribution in [2.45, 2.75) is 45.1 Å². The molecule has 32 heavy (non-hydrogen) atoms. The Balaban J connectivity index is 1.48. The van der Waals surface area contributed by atoms with Gasteiger partial charge in [-0.3, -0.25) is 19.2 Å². The van der Waals surface area contributed by atoms with Gasteiger partial charge in [0.05, 0.1) is 5.52 Å². The summed E-state index contributed by atoms with van der Waals surface area (Å²) in [6, 6.07) is 13.3. The number of rotatable bonds is 5. The molecule has 5 rings (SSSR count). The highest BCUT2D eigenvalue weighted by Gasteiger charge is 2.27. The zero-order valence-electron chi connectivity index (χ0n) is 18.5. The Morgan fingerprint density at radius 2 is 1.78 bits per heavy atom. The largest absolute Gasteiger partial charge is 0.339 e. The van der Waals surface area contributed by atoms with E-state index in [0.717, 1.165) is 29.4 Å². The molecule has 3 aromatic rings. The summed E-state index contributed by atoms with van der Waals surface area (Å²) in [6.45, 7) is 4.01. The van der Waals surface area contributed by atoms with Gasteiger partial charge in [0.1, 0.15) is 0 Å². The molecule has 3 heterocycles. The summed E-state index contributed by atoms with van der Waals surface area (Å²) in [5, 5.41) is 1.02. The van der Waals surface area contributed by atoms with Crippen LogP contribution in [0.4, 0.5) is 0 Å². The van der Waals surface area contributed by atoms with Crippen molar-refractivity contribution >= 4 is 28.0 Å². The molecule has 0 amide bonds. The second-order valence-electron chi connectivity index (χ2n) is 8.94. The summed E-state index contributed by atoms with van der Waals surface area (Å²) in [7, 11) is 0. The van der Waals surface area contributed by atoms with Crippen molar-refractivity contribution in [1.29, 1.82) is 0 Å². The third kappa shape index (κ3) is 3.67. The number of benzene rings is 2. The highest BCUT2D eigenvalue weighted by molar-refractivity contribution is 6.11.